The summed E-state index contributed by atoms with van der Waals surface area (Å²) in [5, 5.41) is 8.44. The molecule has 0 saturated carbocycles. The van der Waals surface area contributed by atoms with Crippen LogP contribution in [0.5, 0.6) is 0 Å². The molecule has 0 heterocycles. The summed E-state index contributed by atoms with van der Waals surface area (Å²) < 4.78 is 9.46. The van der Waals surface area contributed by atoms with Crippen LogP contribution in [0, 0.1) is 0 Å². The van der Waals surface area contributed by atoms with E-state index in [1.54, 1.807) is 20.8 Å². The Bertz CT molecular complexity index is 233. The van der Waals surface area contributed by atoms with Gasteiger partial charge in [-0.1, -0.05) is 0 Å². The fraction of sp³-hybridized carbons (Fsp3) is 0.778. The van der Waals surface area contributed by atoms with E-state index in [1.807, 2.05) is 0 Å². The Kier molecular flexibility index (Phi) is 5.07. The van der Waals surface area contributed by atoms with E-state index in [9.17, 15) is 9.59 Å². The van der Waals surface area contributed by atoms with Crippen molar-refractivity contribution in [3.63, 3.8) is 0 Å². The second-order valence-electron chi connectivity index (χ2n) is 4.05. The fourth-order valence-corrected chi connectivity index (χ4v) is 0.672. The Labute approximate surface area is 88.3 Å². The van der Waals surface area contributed by atoms with E-state index >= 15 is 0 Å². The maximum Gasteiger partial charge on any atom is 0.508 e. The molecule has 0 fully saturated rings. The molecule has 0 aliphatic rings. The predicted octanol–water partition coefficient (Wildman–Crippen LogP) is 0.740. The third-order valence-corrected chi connectivity index (χ3v) is 1.36. The first-order valence-corrected chi connectivity index (χ1v) is 4.56. The predicted molar refractivity (Wildman–Crippen MR) is 52.4 cm³/mol. The second kappa shape index (κ2) is 5.55. The SMILES string of the molecule is CC(C)(C)OC(=O)OCC[C@H](N)C(=O)O. The number of carbonyl (C=O) groups is 2. The molecule has 0 bridgehead atoms. The summed E-state index contributed by atoms with van der Waals surface area (Å²) in [6.45, 7) is 5.05. The van der Waals surface area contributed by atoms with E-state index in [0.717, 1.165) is 0 Å². The van der Waals surface area contributed by atoms with E-state index in [4.69, 9.17) is 15.6 Å². The Morgan fingerprint density at radius 3 is 2.33 bits per heavy atom. The molecule has 0 aromatic rings. The minimum absolute atomic E-state index is 0.0641. The number of hydrogen-bond donors (Lipinski definition) is 2. The number of hydrogen-bond acceptors (Lipinski definition) is 5. The Hall–Kier alpha value is -1.30. The molecule has 6 heteroatoms. The van der Waals surface area contributed by atoms with Gasteiger partial charge < -0.3 is 20.3 Å². The Morgan fingerprint density at radius 2 is 1.93 bits per heavy atom. The van der Waals surface area contributed by atoms with Gasteiger partial charge in [0, 0.05) is 6.42 Å². The number of carboxylic acids is 1. The monoisotopic (exact) mass is 219 g/mol. The molecular formula is C9H17NO5. The van der Waals surface area contributed by atoms with Crippen LogP contribution in [0.1, 0.15) is 27.2 Å². The molecule has 0 amide bonds. The number of nitrogens with two attached hydrogens (primary N) is 1. The number of carboxylic acid groups (broad SMARTS) is 1. The molecule has 6 nitrogen and oxygen atoms in total. The van der Waals surface area contributed by atoms with Crippen molar-refractivity contribution >= 4 is 12.1 Å². The Morgan fingerprint density at radius 1 is 1.40 bits per heavy atom. The average molecular weight is 219 g/mol. The van der Waals surface area contributed by atoms with E-state index in [-0.39, 0.29) is 13.0 Å². The maximum atomic E-state index is 11.0. The first-order valence-electron chi connectivity index (χ1n) is 4.56. The number of ether oxygens (including phenoxy) is 2. The fourth-order valence-electron chi connectivity index (χ4n) is 0.672. The van der Waals surface area contributed by atoms with Gasteiger partial charge in [-0.15, -0.1) is 0 Å². The van der Waals surface area contributed by atoms with Gasteiger partial charge in [-0.25, -0.2) is 4.79 Å². The quantitative estimate of drug-likeness (QED) is 0.676. The minimum atomic E-state index is -1.12. The first kappa shape index (κ1) is 13.7. The topological polar surface area (TPSA) is 98.9 Å². The van der Waals surface area contributed by atoms with Crippen LogP contribution in [0.3, 0.4) is 0 Å². The van der Waals surface area contributed by atoms with Crippen LogP contribution in [0.2, 0.25) is 0 Å². The van der Waals surface area contributed by atoms with Crippen LogP contribution >= 0.6 is 0 Å². The molecular weight excluding hydrogens is 202 g/mol. The van der Waals surface area contributed by atoms with Crippen molar-refractivity contribution in [1.82, 2.24) is 0 Å². The second-order valence-corrected chi connectivity index (χ2v) is 4.05. The van der Waals surface area contributed by atoms with E-state index in [1.165, 1.54) is 0 Å². The molecule has 88 valence electrons. The highest BCUT2D eigenvalue weighted by Crippen LogP contribution is 2.08. The van der Waals surface area contributed by atoms with Crippen molar-refractivity contribution in [2.75, 3.05) is 6.61 Å². The van der Waals surface area contributed by atoms with Gasteiger partial charge in [0.15, 0.2) is 0 Å². The van der Waals surface area contributed by atoms with Gasteiger partial charge >= 0.3 is 12.1 Å². The summed E-state index contributed by atoms with van der Waals surface area (Å²) in [4.78, 5) is 21.3. The molecule has 0 aromatic heterocycles. The minimum Gasteiger partial charge on any atom is -0.480 e. The highest BCUT2D eigenvalue weighted by atomic mass is 16.7. The van der Waals surface area contributed by atoms with Gasteiger partial charge in [-0.2, -0.15) is 0 Å². The summed E-state index contributed by atoms with van der Waals surface area (Å²) in [7, 11) is 0. The molecule has 0 saturated heterocycles. The van der Waals surface area contributed by atoms with E-state index in [2.05, 4.69) is 4.74 Å². The van der Waals surface area contributed by atoms with E-state index in [0.29, 0.717) is 0 Å². The van der Waals surface area contributed by atoms with Gasteiger partial charge in [0.05, 0.1) is 6.61 Å². The Balaban J connectivity index is 3.69. The normalized spacial score (nSPS) is 13.1. The van der Waals surface area contributed by atoms with Gasteiger partial charge in [0.25, 0.3) is 0 Å². The van der Waals surface area contributed by atoms with Crippen molar-refractivity contribution in [2.45, 2.75) is 38.8 Å². The average Bonchev–Trinajstić information content (AvgIpc) is 2.00. The van der Waals surface area contributed by atoms with Crippen LogP contribution in [-0.2, 0) is 14.3 Å². The summed E-state index contributed by atoms with van der Waals surface area (Å²) >= 11 is 0. The van der Waals surface area contributed by atoms with Crippen molar-refractivity contribution in [2.24, 2.45) is 5.73 Å². The third-order valence-electron chi connectivity index (χ3n) is 1.36. The van der Waals surface area contributed by atoms with Crippen molar-refractivity contribution < 1.29 is 24.2 Å². The highest BCUT2D eigenvalue weighted by molar-refractivity contribution is 5.73. The maximum absolute atomic E-state index is 11.0. The van der Waals surface area contributed by atoms with Crippen molar-refractivity contribution in [3.05, 3.63) is 0 Å². The molecule has 0 aliphatic heterocycles. The lowest BCUT2D eigenvalue weighted by Gasteiger charge is -2.18. The molecule has 0 radical (unpaired) electrons. The number of carbonyl (C=O) groups excluding carboxylic acids is 1. The molecule has 0 rings (SSSR count). The molecule has 3 N–H and O–H groups in total. The standard InChI is InChI=1S/C9H17NO5/c1-9(2,3)15-8(13)14-5-4-6(10)7(11)12/h6H,4-5,10H2,1-3H3,(H,11,12)/t6-/m0/s1. The van der Waals surface area contributed by atoms with Gasteiger partial charge in [0.1, 0.15) is 11.6 Å². The summed E-state index contributed by atoms with van der Waals surface area (Å²) in [5.41, 5.74) is 4.58. The van der Waals surface area contributed by atoms with Gasteiger partial charge in [0.2, 0.25) is 0 Å². The number of aliphatic carboxylic acids is 1. The lowest BCUT2D eigenvalue weighted by molar-refractivity contribution is -0.139. The molecule has 0 unspecified atom stereocenters. The zero-order valence-corrected chi connectivity index (χ0v) is 9.15. The molecule has 0 aliphatic carbocycles. The molecule has 0 spiro atoms. The van der Waals surface area contributed by atoms with E-state index < -0.39 is 23.8 Å². The summed E-state index contributed by atoms with van der Waals surface area (Å²) in [6.07, 6.45) is -0.755. The lowest BCUT2D eigenvalue weighted by Crippen LogP contribution is -2.32. The zero-order chi connectivity index (χ0) is 12.1. The van der Waals surface area contributed by atoms with Crippen LogP contribution < -0.4 is 5.73 Å². The lowest BCUT2D eigenvalue weighted by atomic mass is 10.2. The summed E-state index contributed by atoms with van der Waals surface area (Å²) in [5.74, 6) is -1.12. The largest absolute Gasteiger partial charge is 0.508 e. The van der Waals surface area contributed by atoms with Crippen LogP contribution in [0.25, 0.3) is 0 Å². The smallest absolute Gasteiger partial charge is 0.480 e. The highest BCUT2D eigenvalue weighted by Gasteiger charge is 2.18. The third kappa shape index (κ3) is 7.75. The van der Waals surface area contributed by atoms with Crippen molar-refractivity contribution in [3.8, 4) is 0 Å². The van der Waals surface area contributed by atoms with Crippen molar-refractivity contribution in [1.29, 1.82) is 0 Å². The number of rotatable bonds is 4. The first-order chi connectivity index (χ1) is 6.72. The van der Waals surface area contributed by atoms with Crippen LogP contribution in [0.4, 0.5) is 4.79 Å². The summed E-state index contributed by atoms with van der Waals surface area (Å²) in [6, 6.07) is -1.02. The van der Waals surface area contributed by atoms with Crippen LogP contribution in [0.15, 0.2) is 0 Å². The molecule has 0 aromatic carbocycles. The zero-order valence-electron chi connectivity index (χ0n) is 9.15. The van der Waals surface area contributed by atoms with Gasteiger partial charge in [-0.3, -0.25) is 4.79 Å². The van der Waals surface area contributed by atoms with Crippen LogP contribution in [-0.4, -0.2) is 35.5 Å². The molecule has 1 atom stereocenters. The van der Waals surface area contributed by atoms with Gasteiger partial charge in [-0.05, 0) is 20.8 Å². The molecule has 15 heavy (non-hydrogen) atoms.